The first kappa shape index (κ1) is 14.3. The van der Waals surface area contributed by atoms with Gasteiger partial charge in [0.2, 0.25) is 5.91 Å². The fourth-order valence-corrected chi connectivity index (χ4v) is 4.31. The van der Waals surface area contributed by atoms with E-state index in [2.05, 4.69) is 10.6 Å². The molecule has 3 aliphatic rings. The fourth-order valence-electron chi connectivity index (χ4n) is 4.31. The molecule has 1 aliphatic heterocycles. The highest BCUT2D eigenvalue weighted by molar-refractivity contribution is 5.83. The third-order valence-electron chi connectivity index (χ3n) is 5.53. The van der Waals surface area contributed by atoms with Gasteiger partial charge in [0.05, 0.1) is 18.1 Å². The summed E-state index contributed by atoms with van der Waals surface area (Å²) in [6.07, 6.45) is 10.2. The van der Waals surface area contributed by atoms with Crippen molar-refractivity contribution < 1.29 is 9.53 Å². The zero-order valence-corrected chi connectivity index (χ0v) is 12.5. The minimum atomic E-state index is -0.119. The molecule has 2 aliphatic carbocycles. The molecule has 0 spiro atoms. The van der Waals surface area contributed by atoms with Crippen molar-refractivity contribution in [1.82, 2.24) is 10.6 Å². The third kappa shape index (κ3) is 2.86. The van der Waals surface area contributed by atoms with Crippen LogP contribution in [0, 0.1) is 11.3 Å². The molecule has 0 unspecified atom stereocenters. The molecule has 3 fully saturated rings. The van der Waals surface area contributed by atoms with Crippen LogP contribution in [0.5, 0.6) is 0 Å². The Morgan fingerprint density at radius 2 is 2.00 bits per heavy atom. The van der Waals surface area contributed by atoms with Crippen LogP contribution in [0.3, 0.4) is 0 Å². The van der Waals surface area contributed by atoms with Crippen LogP contribution < -0.4 is 10.6 Å². The van der Waals surface area contributed by atoms with Gasteiger partial charge in [0.1, 0.15) is 0 Å². The smallest absolute Gasteiger partial charge is 0.227 e. The lowest BCUT2D eigenvalue weighted by Gasteiger charge is -2.37. The Balaban J connectivity index is 1.43. The number of nitrogens with one attached hydrogen (secondary N) is 2. The van der Waals surface area contributed by atoms with Crippen LogP contribution in [-0.2, 0) is 9.53 Å². The van der Waals surface area contributed by atoms with Gasteiger partial charge < -0.3 is 15.4 Å². The van der Waals surface area contributed by atoms with Crippen molar-refractivity contribution in [3.63, 3.8) is 0 Å². The summed E-state index contributed by atoms with van der Waals surface area (Å²) in [4.78, 5) is 12.6. The molecular weight excluding hydrogens is 252 g/mol. The molecular formula is C16H28N2O2. The van der Waals surface area contributed by atoms with E-state index < -0.39 is 0 Å². The van der Waals surface area contributed by atoms with Crippen LogP contribution in [-0.4, -0.2) is 38.3 Å². The van der Waals surface area contributed by atoms with Crippen molar-refractivity contribution in [2.45, 2.75) is 57.5 Å². The van der Waals surface area contributed by atoms with Crippen molar-refractivity contribution in [2.24, 2.45) is 11.3 Å². The number of ether oxygens (including phenoxy) is 1. The van der Waals surface area contributed by atoms with E-state index in [1.54, 1.807) is 0 Å². The molecule has 114 valence electrons. The summed E-state index contributed by atoms with van der Waals surface area (Å²) in [5.74, 6) is 0.814. The largest absolute Gasteiger partial charge is 0.376 e. The molecule has 2 saturated carbocycles. The second-order valence-corrected chi connectivity index (χ2v) is 6.76. The van der Waals surface area contributed by atoms with Crippen LogP contribution in [0.2, 0.25) is 0 Å². The molecule has 3 rings (SSSR count). The predicted octanol–water partition coefficient (Wildman–Crippen LogP) is 1.84. The summed E-state index contributed by atoms with van der Waals surface area (Å²) in [7, 11) is 0. The number of rotatable bonds is 5. The van der Waals surface area contributed by atoms with Crippen molar-refractivity contribution >= 4 is 5.91 Å². The highest BCUT2D eigenvalue weighted by Gasteiger charge is 2.49. The van der Waals surface area contributed by atoms with E-state index in [1.807, 2.05) is 0 Å². The molecule has 0 bridgehead atoms. The van der Waals surface area contributed by atoms with E-state index in [9.17, 15) is 4.79 Å². The number of amides is 1. The normalized spacial score (nSPS) is 34.1. The highest BCUT2D eigenvalue weighted by atomic mass is 16.5. The molecule has 1 amide bonds. The molecule has 1 heterocycles. The molecule has 0 aromatic carbocycles. The van der Waals surface area contributed by atoms with Crippen LogP contribution in [0.4, 0.5) is 0 Å². The number of hydrogen-bond acceptors (Lipinski definition) is 3. The van der Waals surface area contributed by atoms with Crippen molar-refractivity contribution in [2.75, 3.05) is 26.2 Å². The lowest BCUT2D eigenvalue weighted by atomic mass is 9.67. The molecule has 0 radical (unpaired) electrons. The Kier molecular flexibility index (Phi) is 4.61. The maximum Gasteiger partial charge on any atom is 0.227 e. The van der Waals surface area contributed by atoms with Gasteiger partial charge in [0, 0.05) is 13.1 Å². The summed E-state index contributed by atoms with van der Waals surface area (Å²) in [6.45, 7) is 3.23. The van der Waals surface area contributed by atoms with Gasteiger partial charge in [-0.1, -0.05) is 25.7 Å². The first-order chi connectivity index (χ1) is 9.81. The fraction of sp³-hybridized carbons (Fsp3) is 0.938. The standard InChI is InChI=1S/C16H28N2O2/c19-15(18-9-10-20-14-6-1-2-7-14)16-8-4-3-5-13(16)11-17-12-16/h13-14,17H,1-12H2,(H,18,19)/t13-,16+/m0/s1. The number of carbonyl (C=O) groups is 1. The van der Waals surface area contributed by atoms with Crippen molar-refractivity contribution in [3.05, 3.63) is 0 Å². The van der Waals surface area contributed by atoms with E-state index in [-0.39, 0.29) is 11.3 Å². The molecule has 4 heteroatoms. The van der Waals surface area contributed by atoms with Gasteiger partial charge in [0.25, 0.3) is 0 Å². The second kappa shape index (κ2) is 6.44. The average molecular weight is 280 g/mol. The van der Waals surface area contributed by atoms with Gasteiger partial charge in [-0.05, 0) is 38.1 Å². The van der Waals surface area contributed by atoms with E-state index in [1.165, 1.54) is 44.9 Å². The summed E-state index contributed by atoms with van der Waals surface area (Å²) in [5.41, 5.74) is -0.119. The molecule has 0 aromatic rings. The Morgan fingerprint density at radius 3 is 2.85 bits per heavy atom. The SMILES string of the molecule is O=C(NCCOC1CCCC1)[C@@]12CCCC[C@H]1CNC2. The minimum absolute atomic E-state index is 0.119. The topological polar surface area (TPSA) is 50.4 Å². The van der Waals surface area contributed by atoms with Crippen molar-refractivity contribution in [1.29, 1.82) is 0 Å². The quantitative estimate of drug-likeness (QED) is 0.756. The minimum Gasteiger partial charge on any atom is -0.376 e. The molecule has 20 heavy (non-hydrogen) atoms. The van der Waals surface area contributed by atoms with Crippen molar-refractivity contribution in [3.8, 4) is 0 Å². The zero-order valence-electron chi connectivity index (χ0n) is 12.5. The van der Waals surface area contributed by atoms with Crippen LogP contribution in [0.25, 0.3) is 0 Å². The summed E-state index contributed by atoms with van der Waals surface area (Å²) in [5, 5.41) is 6.56. The monoisotopic (exact) mass is 280 g/mol. The first-order valence-electron chi connectivity index (χ1n) is 8.42. The molecule has 2 N–H and O–H groups in total. The Bertz CT molecular complexity index is 341. The van der Waals surface area contributed by atoms with Crippen LogP contribution >= 0.6 is 0 Å². The average Bonchev–Trinajstić information content (AvgIpc) is 3.12. The van der Waals surface area contributed by atoms with Gasteiger partial charge in [-0.15, -0.1) is 0 Å². The number of fused-ring (bicyclic) bond motifs is 1. The van der Waals surface area contributed by atoms with Gasteiger partial charge in [-0.2, -0.15) is 0 Å². The zero-order chi connectivity index (χ0) is 13.8. The summed E-state index contributed by atoms with van der Waals surface area (Å²) in [6, 6.07) is 0. The van der Waals surface area contributed by atoms with E-state index in [0.717, 1.165) is 19.5 Å². The summed E-state index contributed by atoms with van der Waals surface area (Å²) >= 11 is 0. The van der Waals surface area contributed by atoms with E-state index in [4.69, 9.17) is 4.74 Å². The predicted molar refractivity (Wildman–Crippen MR) is 78.5 cm³/mol. The molecule has 2 atom stereocenters. The van der Waals surface area contributed by atoms with E-state index >= 15 is 0 Å². The van der Waals surface area contributed by atoms with Gasteiger partial charge >= 0.3 is 0 Å². The lowest BCUT2D eigenvalue weighted by molar-refractivity contribution is -0.134. The maximum atomic E-state index is 12.6. The number of carbonyl (C=O) groups excluding carboxylic acids is 1. The molecule has 0 aromatic heterocycles. The second-order valence-electron chi connectivity index (χ2n) is 6.76. The van der Waals surface area contributed by atoms with Gasteiger partial charge in [0.15, 0.2) is 0 Å². The van der Waals surface area contributed by atoms with Crippen LogP contribution in [0.1, 0.15) is 51.4 Å². The van der Waals surface area contributed by atoms with Crippen LogP contribution in [0.15, 0.2) is 0 Å². The molecule has 1 saturated heterocycles. The lowest BCUT2D eigenvalue weighted by Crippen LogP contribution is -2.48. The van der Waals surface area contributed by atoms with Gasteiger partial charge in [-0.3, -0.25) is 4.79 Å². The number of hydrogen-bond donors (Lipinski definition) is 2. The third-order valence-corrected chi connectivity index (χ3v) is 5.53. The first-order valence-corrected chi connectivity index (χ1v) is 8.42. The Labute approximate surface area is 122 Å². The maximum absolute atomic E-state index is 12.6. The van der Waals surface area contributed by atoms with E-state index in [0.29, 0.717) is 25.2 Å². The Hall–Kier alpha value is -0.610. The molecule has 4 nitrogen and oxygen atoms in total. The van der Waals surface area contributed by atoms with Gasteiger partial charge in [-0.25, -0.2) is 0 Å². The Morgan fingerprint density at radius 1 is 1.20 bits per heavy atom. The summed E-state index contributed by atoms with van der Waals surface area (Å²) < 4.78 is 5.82. The highest BCUT2D eigenvalue weighted by Crippen LogP contribution is 2.43.